The van der Waals surface area contributed by atoms with Gasteiger partial charge < -0.3 is 5.11 Å². The van der Waals surface area contributed by atoms with E-state index in [2.05, 4.69) is 4.72 Å². The molecule has 1 rings (SSSR count). The first-order chi connectivity index (χ1) is 8.31. The van der Waals surface area contributed by atoms with Crippen LogP contribution in [-0.4, -0.2) is 37.9 Å². The van der Waals surface area contributed by atoms with Crippen molar-refractivity contribution in [3.63, 3.8) is 0 Å². The van der Waals surface area contributed by atoms with Crippen LogP contribution in [0.2, 0.25) is 0 Å². The number of nitrogens with zero attached hydrogens (tertiary/aromatic N) is 1. The van der Waals surface area contributed by atoms with Crippen LogP contribution in [0.15, 0.2) is 30.3 Å². The second-order valence-corrected chi connectivity index (χ2v) is 5.57. The van der Waals surface area contributed by atoms with Crippen LogP contribution >= 0.6 is 0 Å². The molecule has 0 atom stereocenters. The molecule has 0 saturated carbocycles. The van der Waals surface area contributed by atoms with Crippen molar-refractivity contribution in [3.8, 4) is 0 Å². The zero-order valence-corrected chi connectivity index (χ0v) is 10.8. The molecule has 0 aromatic heterocycles. The lowest BCUT2D eigenvalue weighted by atomic mass is 10.2. The van der Waals surface area contributed by atoms with Gasteiger partial charge in [0.25, 0.3) is 0 Å². The van der Waals surface area contributed by atoms with Crippen molar-refractivity contribution in [2.24, 2.45) is 0 Å². The van der Waals surface area contributed by atoms with Gasteiger partial charge in [0, 0.05) is 25.9 Å². The first-order valence-electron chi connectivity index (χ1n) is 5.02. The van der Waals surface area contributed by atoms with Crippen LogP contribution in [0.3, 0.4) is 0 Å². The van der Waals surface area contributed by atoms with Crippen molar-refractivity contribution in [1.82, 2.24) is 4.31 Å². The first-order valence-corrected chi connectivity index (χ1v) is 6.46. The maximum Gasteiger partial charge on any atom is 0.328 e. The van der Waals surface area contributed by atoms with Crippen LogP contribution < -0.4 is 4.72 Å². The fourth-order valence-corrected chi connectivity index (χ4v) is 1.69. The molecule has 0 amide bonds. The van der Waals surface area contributed by atoms with Crippen molar-refractivity contribution in [1.29, 1.82) is 0 Å². The summed E-state index contributed by atoms with van der Waals surface area (Å²) in [5, 5.41) is 8.46. The molecule has 6 nitrogen and oxygen atoms in total. The largest absolute Gasteiger partial charge is 0.478 e. The Kier molecular flexibility index (Phi) is 4.46. The van der Waals surface area contributed by atoms with E-state index in [1.54, 1.807) is 24.3 Å². The predicted octanol–water partition coefficient (Wildman–Crippen LogP) is 1.00. The number of hydrogen-bond donors (Lipinski definition) is 2. The maximum atomic E-state index is 11.5. The number of carbonyl (C=O) groups is 1. The number of rotatable bonds is 5. The minimum atomic E-state index is -3.52. The Hall–Kier alpha value is -1.86. The van der Waals surface area contributed by atoms with Crippen LogP contribution in [0, 0.1) is 0 Å². The molecular weight excluding hydrogens is 256 g/mol. The van der Waals surface area contributed by atoms with E-state index < -0.39 is 16.2 Å². The third kappa shape index (κ3) is 4.19. The monoisotopic (exact) mass is 270 g/mol. The molecule has 0 fully saturated rings. The first kappa shape index (κ1) is 14.2. The number of carboxylic acid groups (broad SMARTS) is 1. The van der Waals surface area contributed by atoms with Crippen LogP contribution in [0.25, 0.3) is 6.08 Å². The van der Waals surface area contributed by atoms with Crippen molar-refractivity contribution in [2.75, 3.05) is 18.8 Å². The molecule has 2 N–H and O–H groups in total. The van der Waals surface area contributed by atoms with Crippen molar-refractivity contribution in [2.45, 2.75) is 0 Å². The molecule has 0 aliphatic heterocycles. The van der Waals surface area contributed by atoms with Gasteiger partial charge in [0.15, 0.2) is 0 Å². The molecule has 0 unspecified atom stereocenters. The van der Waals surface area contributed by atoms with E-state index in [1.807, 2.05) is 0 Å². The summed E-state index contributed by atoms with van der Waals surface area (Å²) in [7, 11) is -0.673. The zero-order chi connectivity index (χ0) is 13.8. The van der Waals surface area contributed by atoms with E-state index in [-0.39, 0.29) is 0 Å². The Morgan fingerprint density at radius 1 is 1.28 bits per heavy atom. The number of benzene rings is 1. The number of aliphatic carboxylic acids is 1. The number of nitrogens with one attached hydrogen (secondary N) is 1. The average molecular weight is 270 g/mol. The van der Waals surface area contributed by atoms with E-state index >= 15 is 0 Å². The maximum absolute atomic E-state index is 11.5. The van der Waals surface area contributed by atoms with E-state index in [1.165, 1.54) is 20.2 Å². The minimum absolute atomic E-state index is 0.413. The lowest BCUT2D eigenvalue weighted by molar-refractivity contribution is -0.131. The molecule has 98 valence electrons. The molecule has 0 aliphatic carbocycles. The van der Waals surface area contributed by atoms with E-state index in [0.29, 0.717) is 11.3 Å². The predicted molar refractivity (Wildman–Crippen MR) is 69.3 cm³/mol. The SMILES string of the molecule is CN(C)S(=O)(=O)Nc1ccc(/C=C/C(=O)O)cc1. The highest BCUT2D eigenvalue weighted by molar-refractivity contribution is 7.90. The molecule has 18 heavy (non-hydrogen) atoms. The summed E-state index contributed by atoms with van der Waals surface area (Å²) < 4.78 is 26.5. The molecule has 0 aliphatic rings. The molecule has 0 saturated heterocycles. The average Bonchev–Trinajstić information content (AvgIpc) is 2.27. The van der Waals surface area contributed by atoms with Crippen LogP contribution in [0.1, 0.15) is 5.56 Å². The van der Waals surface area contributed by atoms with Gasteiger partial charge >= 0.3 is 16.2 Å². The highest BCUT2D eigenvalue weighted by Crippen LogP contribution is 2.13. The molecule has 0 radical (unpaired) electrons. The third-order valence-electron chi connectivity index (χ3n) is 2.06. The van der Waals surface area contributed by atoms with Gasteiger partial charge in [0.05, 0.1) is 0 Å². The standard InChI is InChI=1S/C11H14N2O4S/c1-13(2)18(16,17)12-10-6-3-9(4-7-10)5-8-11(14)15/h3-8,12H,1-2H3,(H,14,15)/b8-5+. The number of anilines is 1. The molecule has 0 heterocycles. The van der Waals surface area contributed by atoms with E-state index in [9.17, 15) is 13.2 Å². The van der Waals surface area contributed by atoms with Gasteiger partial charge in [-0.05, 0) is 23.8 Å². The van der Waals surface area contributed by atoms with Crippen molar-refractivity contribution >= 4 is 27.9 Å². The van der Waals surface area contributed by atoms with Crippen LogP contribution in [0.4, 0.5) is 5.69 Å². The second-order valence-electron chi connectivity index (χ2n) is 3.68. The Balaban J connectivity index is 2.81. The van der Waals surface area contributed by atoms with Gasteiger partial charge in [-0.3, -0.25) is 4.72 Å². The summed E-state index contributed by atoms with van der Waals surface area (Å²) in [5.74, 6) is -1.03. The van der Waals surface area contributed by atoms with E-state index in [4.69, 9.17) is 5.11 Å². The lowest BCUT2D eigenvalue weighted by Crippen LogP contribution is -2.28. The number of hydrogen-bond acceptors (Lipinski definition) is 3. The summed E-state index contributed by atoms with van der Waals surface area (Å²) in [5.41, 5.74) is 1.08. The van der Waals surface area contributed by atoms with Gasteiger partial charge in [-0.2, -0.15) is 12.7 Å². The Bertz CT molecular complexity index is 547. The van der Waals surface area contributed by atoms with Gasteiger partial charge in [-0.1, -0.05) is 12.1 Å². The second kappa shape index (κ2) is 5.65. The van der Waals surface area contributed by atoms with Crippen molar-refractivity contribution < 1.29 is 18.3 Å². The quantitative estimate of drug-likeness (QED) is 0.781. The zero-order valence-electron chi connectivity index (χ0n) is 9.99. The smallest absolute Gasteiger partial charge is 0.328 e. The van der Waals surface area contributed by atoms with Crippen LogP contribution in [0.5, 0.6) is 0 Å². The molecular formula is C11H14N2O4S. The highest BCUT2D eigenvalue weighted by Gasteiger charge is 2.12. The van der Waals surface area contributed by atoms with E-state index in [0.717, 1.165) is 10.4 Å². The van der Waals surface area contributed by atoms with Gasteiger partial charge in [0.1, 0.15) is 0 Å². The topological polar surface area (TPSA) is 86.7 Å². The fourth-order valence-electron chi connectivity index (χ4n) is 1.07. The lowest BCUT2D eigenvalue weighted by Gasteiger charge is -2.13. The fraction of sp³-hybridized carbons (Fsp3) is 0.182. The number of carboxylic acids is 1. The summed E-state index contributed by atoms with van der Waals surface area (Å²) in [6, 6.07) is 6.35. The molecule has 1 aromatic carbocycles. The summed E-state index contributed by atoms with van der Waals surface area (Å²) in [6.07, 6.45) is 2.44. The Labute approximate surface area is 106 Å². The summed E-state index contributed by atoms with van der Waals surface area (Å²) in [4.78, 5) is 10.3. The highest BCUT2D eigenvalue weighted by atomic mass is 32.2. The van der Waals surface area contributed by atoms with Gasteiger partial charge in [-0.15, -0.1) is 0 Å². The van der Waals surface area contributed by atoms with Gasteiger partial charge in [0.2, 0.25) is 0 Å². The Morgan fingerprint density at radius 2 is 1.83 bits per heavy atom. The summed E-state index contributed by atoms with van der Waals surface area (Å²) in [6.45, 7) is 0. The van der Waals surface area contributed by atoms with Crippen molar-refractivity contribution in [3.05, 3.63) is 35.9 Å². The minimum Gasteiger partial charge on any atom is -0.478 e. The molecule has 1 aromatic rings. The third-order valence-corrected chi connectivity index (χ3v) is 3.51. The Morgan fingerprint density at radius 3 is 2.28 bits per heavy atom. The molecule has 0 bridgehead atoms. The molecule has 7 heteroatoms. The summed E-state index contributed by atoms with van der Waals surface area (Å²) >= 11 is 0. The van der Waals surface area contributed by atoms with Gasteiger partial charge in [-0.25, -0.2) is 4.79 Å². The normalized spacial score (nSPS) is 11.9. The molecule has 0 spiro atoms. The van der Waals surface area contributed by atoms with Crippen LogP contribution in [-0.2, 0) is 15.0 Å².